The molecule has 0 aromatic heterocycles. The molecule has 0 atom stereocenters. The van der Waals surface area contributed by atoms with E-state index in [1.165, 1.54) is 0 Å². The molecule has 0 aliphatic heterocycles. The summed E-state index contributed by atoms with van der Waals surface area (Å²) in [4.78, 5) is 13.7. The van der Waals surface area contributed by atoms with Crippen LogP contribution in [0.5, 0.6) is 0 Å². The maximum atomic E-state index is 9.98. The van der Waals surface area contributed by atoms with E-state index in [1.54, 1.807) is 29.7 Å². The normalized spacial score (nSPS) is 11.0. The van der Waals surface area contributed by atoms with Crippen LogP contribution in [0.4, 0.5) is 11.4 Å². The summed E-state index contributed by atoms with van der Waals surface area (Å²) in [7, 11) is 0. The highest BCUT2D eigenvalue weighted by Crippen LogP contribution is 2.14. The lowest BCUT2D eigenvalue weighted by molar-refractivity contribution is -0.525. The van der Waals surface area contributed by atoms with E-state index in [0.29, 0.717) is 11.4 Å². The number of hydrogen-bond acceptors (Lipinski definition) is 4. The van der Waals surface area contributed by atoms with Crippen molar-refractivity contribution in [3.63, 3.8) is 0 Å². The van der Waals surface area contributed by atoms with Gasteiger partial charge in [0.1, 0.15) is 0 Å². The Labute approximate surface area is 79.5 Å². The third kappa shape index (κ3) is 2.97. The van der Waals surface area contributed by atoms with E-state index in [0.717, 1.165) is 0 Å². The fourth-order valence-electron chi connectivity index (χ4n) is 0.852. The summed E-state index contributed by atoms with van der Waals surface area (Å²) in [6.45, 7) is 0. The molecule has 1 rings (SSSR count). The van der Waals surface area contributed by atoms with Gasteiger partial charge in [0.2, 0.25) is 0 Å². The molecule has 1 aromatic carbocycles. The van der Waals surface area contributed by atoms with Crippen molar-refractivity contribution < 1.29 is 5.03 Å². The summed E-state index contributed by atoms with van der Waals surface area (Å²) in [6.07, 6.45) is 0. The Hall–Kier alpha value is -2.31. The number of nitrogens with two attached hydrogens (primary N) is 2. The molecule has 0 aliphatic rings. The van der Waals surface area contributed by atoms with Crippen LogP contribution >= 0.6 is 0 Å². The zero-order valence-corrected chi connectivity index (χ0v) is 7.18. The number of nitrogens with zero attached hydrogens (tertiary/aromatic N) is 2. The summed E-state index contributed by atoms with van der Waals surface area (Å²) < 4.78 is 0. The highest BCUT2D eigenvalue weighted by atomic mass is 16.7. The van der Waals surface area contributed by atoms with Crippen molar-refractivity contribution in [1.29, 1.82) is 0 Å². The van der Waals surface area contributed by atoms with Crippen LogP contribution < -0.4 is 16.9 Å². The van der Waals surface area contributed by atoms with E-state index in [2.05, 4.69) is 4.99 Å². The van der Waals surface area contributed by atoms with Gasteiger partial charge < -0.3 is 11.5 Å². The largest absolute Gasteiger partial charge is 0.399 e. The van der Waals surface area contributed by atoms with Crippen LogP contribution in [0, 0.1) is 10.1 Å². The lowest BCUT2D eigenvalue weighted by Gasteiger charge is -1.97. The summed E-state index contributed by atoms with van der Waals surface area (Å²) in [5.74, 6) is -0.291. The zero-order valence-electron chi connectivity index (χ0n) is 7.18. The molecule has 0 saturated carbocycles. The Morgan fingerprint density at radius 1 is 1.57 bits per heavy atom. The Kier molecular flexibility index (Phi) is 2.85. The lowest BCUT2D eigenvalue weighted by Crippen LogP contribution is -2.35. The molecule has 74 valence electrons. The van der Waals surface area contributed by atoms with E-state index in [1.807, 2.05) is 0 Å². The molecule has 0 unspecified atom stereocenters. The molecule has 0 fully saturated rings. The van der Waals surface area contributed by atoms with Crippen molar-refractivity contribution in [2.75, 3.05) is 5.73 Å². The molecule has 0 amide bonds. The quantitative estimate of drug-likeness (QED) is 0.201. The standard InChI is InChI=1S/C7H9N5O2/c8-5-2-1-3-6(4-5)10-7(9)11-12(13)14/h1-4H,8H2,(H3,9,10,11). The van der Waals surface area contributed by atoms with Crippen molar-refractivity contribution >= 4 is 17.3 Å². The highest BCUT2D eigenvalue weighted by molar-refractivity contribution is 5.80. The zero-order chi connectivity index (χ0) is 10.6. The Morgan fingerprint density at radius 3 is 2.86 bits per heavy atom. The second-order valence-corrected chi connectivity index (χ2v) is 2.46. The number of hydrogen-bond donors (Lipinski definition) is 3. The van der Waals surface area contributed by atoms with Gasteiger partial charge in [0.15, 0.2) is 5.03 Å². The SMILES string of the molecule is NC(=Nc1cccc(N)c1)N[N+](=O)[O-]. The first-order chi connectivity index (χ1) is 6.58. The van der Waals surface area contributed by atoms with E-state index in [4.69, 9.17) is 11.5 Å². The first-order valence-corrected chi connectivity index (χ1v) is 3.68. The summed E-state index contributed by atoms with van der Waals surface area (Å²) >= 11 is 0. The minimum atomic E-state index is -0.787. The van der Waals surface area contributed by atoms with Crippen molar-refractivity contribution in [1.82, 2.24) is 5.43 Å². The van der Waals surface area contributed by atoms with Gasteiger partial charge in [0, 0.05) is 5.69 Å². The monoisotopic (exact) mass is 195 g/mol. The first-order valence-electron chi connectivity index (χ1n) is 3.68. The van der Waals surface area contributed by atoms with E-state index >= 15 is 0 Å². The van der Waals surface area contributed by atoms with Gasteiger partial charge in [-0.05, 0) is 18.2 Å². The third-order valence-electron chi connectivity index (χ3n) is 1.33. The average Bonchev–Trinajstić information content (AvgIpc) is 2.01. The summed E-state index contributed by atoms with van der Waals surface area (Å²) in [5.41, 5.74) is 13.4. The Bertz CT molecular complexity index is 376. The molecule has 0 saturated heterocycles. The first kappa shape index (κ1) is 9.78. The van der Waals surface area contributed by atoms with Crippen LogP contribution in [0.3, 0.4) is 0 Å². The number of benzene rings is 1. The molecule has 0 bridgehead atoms. The van der Waals surface area contributed by atoms with Crippen LogP contribution in [0.25, 0.3) is 0 Å². The minimum Gasteiger partial charge on any atom is -0.399 e. The average molecular weight is 195 g/mol. The van der Waals surface area contributed by atoms with Gasteiger partial charge >= 0.3 is 0 Å². The fraction of sp³-hybridized carbons (Fsp3) is 0. The predicted octanol–water partition coefficient (Wildman–Crippen LogP) is -0.00370. The van der Waals surface area contributed by atoms with Crippen molar-refractivity contribution in [3.8, 4) is 0 Å². The number of rotatable bonds is 2. The van der Waals surface area contributed by atoms with Gasteiger partial charge in [-0.15, -0.1) is 0 Å². The van der Waals surface area contributed by atoms with Crippen LogP contribution in [0.15, 0.2) is 29.3 Å². The maximum Gasteiger partial charge on any atom is 0.256 e. The third-order valence-corrected chi connectivity index (χ3v) is 1.33. The van der Waals surface area contributed by atoms with Crippen LogP contribution in [-0.2, 0) is 0 Å². The molecule has 7 heteroatoms. The van der Waals surface area contributed by atoms with Crippen LogP contribution in [0.1, 0.15) is 0 Å². The molecule has 0 heterocycles. The predicted molar refractivity (Wildman–Crippen MR) is 52.3 cm³/mol. The Morgan fingerprint density at radius 2 is 2.29 bits per heavy atom. The molecule has 14 heavy (non-hydrogen) atoms. The molecule has 0 radical (unpaired) electrons. The lowest BCUT2D eigenvalue weighted by atomic mass is 10.3. The smallest absolute Gasteiger partial charge is 0.256 e. The molecular weight excluding hydrogens is 186 g/mol. The second-order valence-electron chi connectivity index (χ2n) is 2.46. The molecule has 1 aromatic rings. The molecule has 7 nitrogen and oxygen atoms in total. The van der Waals surface area contributed by atoms with E-state index in [-0.39, 0.29) is 5.96 Å². The number of aliphatic imine (C=N–C) groups is 1. The maximum absolute atomic E-state index is 9.98. The molecule has 5 N–H and O–H groups in total. The summed E-state index contributed by atoms with van der Waals surface area (Å²) in [5, 5.41) is 9.19. The summed E-state index contributed by atoms with van der Waals surface area (Å²) in [6, 6.07) is 6.53. The molecule has 0 spiro atoms. The van der Waals surface area contributed by atoms with E-state index < -0.39 is 5.03 Å². The number of nitrogen functional groups attached to an aromatic ring is 1. The fourth-order valence-corrected chi connectivity index (χ4v) is 0.852. The van der Waals surface area contributed by atoms with Gasteiger partial charge in [0.25, 0.3) is 5.96 Å². The number of nitrogens with one attached hydrogen (secondary N) is 1. The number of nitro groups is 1. The van der Waals surface area contributed by atoms with E-state index in [9.17, 15) is 10.1 Å². The van der Waals surface area contributed by atoms with Gasteiger partial charge in [-0.25, -0.2) is 15.1 Å². The molecular formula is C7H9N5O2. The number of hydrazine groups is 1. The van der Waals surface area contributed by atoms with Gasteiger partial charge in [-0.2, -0.15) is 0 Å². The van der Waals surface area contributed by atoms with Crippen molar-refractivity contribution in [3.05, 3.63) is 34.4 Å². The minimum absolute atomic E-state index is 0.291. The number of anilines is 1. The highest BCUT2D eigenvalue weighted by Gasteiger charge is 1.99. The number of guanidine groups is 1. The molecule has 0 aliphatic carbocycles. The van der Waals surface area contributed by atoms with Gasteiger partial charge in [0.05, 0.1) is 5.69 Å². The van der Waals surface area contributed by atoms with Crippen molar-refractivity contribution in [2.45, 2.75) is 0 Å². The van der Waals surface area contributed by atoms with Gasteiger partial charge in [-0.3, -0.25) is 0 Å². The second kappa shape index (κ2) is 4.08. The Balaban J connectivity index is 2.80. The van der Waals surface area contributed by atoms with Crippen molar-refractivity contribution in [2.24, 2.45) is 10.7 Å². The van der Waals surface area contributed by atoms with Gasteiger partial charge in [-0.1, -0.05) is 11.5 Å². The topological polar surface area (TPSA) is 120 Å². The van der Waals surface area contributed by atoms with Crippen LogP contribution in [0.2, 0.25) is 0 Å². The van der Waals surface area contributed by atoms with Crippen LogP contribution in [-0.4, -0.2) is 11.0 Å².